The second-order valence-electron chi connectivity index (χ2n) is 7.01. The van der Waals surface area contributed by atoms with Gasteiger partial charge in [0, 0.05) is 36.2 Å². The molecule has 2 aromatic carbocycles. The Balaban J connectivity index is 1.46. The van der Waals surface area contributed by atoms with Crippen molar-refractivity contribution in [2.75, 3.05) is 28.6 Å². The van der Waals surface area contributed by atoms with E-state index in [4.69, 9.17) is 0 Å². The van der Waals surface area contributed by atoms with Crippen molar-refractivity contribution in [1.82, 2.24) is 9.97 Å². The van der Waals surface area contributed by atoms with Crippen LogP contribution in [0, 0.1) is 12.7 Å². The van der Waals surface area contributed by atoms with Gasteiger partial charge in [0.05, 0.1) is 0 Å². The zero-order valence-corrected chi connectivity index (χ0v) is 16.2. The molecule has 0 unspecified atom stereocenters. The summed E-state index contributed by atoms with van der Waals surface area (Å²) in [4.78, 5) is 23.5. The molecule has 1 aliphatic heterocycles. The van der Waals surface area contributed by atoms with E-state index < -0.39 is 0 Å². The van der Waals surface area contributed by atoms with Gasteiger partial charge in [0.1, 0.15) is 23.2 Å². The first-order valence-corrected chi connectivity index (χ1v) is 9.61. The number of halogens is 1. The van der Waals surface area contributed by atoms with E-state index in [9.17, 15) is 9.18 Å². The standard InChI is InChI=1S/C22H22FN5O/c1-15-24-20(14-21(25-15)26-17-6-4-16(23)5-7-17)22(29)27-18-8-10-19(11-9-18)28-12-2-3-13-28/h4-11,14H,2-3,12-13H2,1H3,(H,27,29)(H,24,25,26). The van der Waals surface area contributed by atoms with Crippen molar-refractivity contribution in [3.8, 4) is 0 Å². The highest BCUT2D eigenvalue weighted by Crippen LogP contribution is 2.22. The second kappa shape index (κ2) is 8.26. The number of hydrogen-bond donors (Lipinski definition) is 2. The van der Waals surface area contributed by atoms with E-state index in [1.165, 1.54) is 30.7 Å². The number of carbonyl (C=O) groups excluding carboxylic acids is 1. The average molecular weight is 391 g/mol. The summed E-state index contributed by atoms with van der Waals surface area (Å²) in [5.41, 5.74) is 2.81. The van der Waals surface area contributed by atoms with Crippen molar-refractivity contribution in [1.29, 1.82) is 0 Å². The Morgan fingerprint density at radius 2 is 1.62 bits per heavy atom. The summed E-state index contributed by atoms with van der Waals surface area (Å²) in [6.07, 6.45) is 2.44. The minimum Gasteiger partial charge on any atom is -0.372 e. The van der Waals surface area contributed by atoms with Crippen molar-refractivity contribution < 1.29 is 9.18 Å². The summed E-state index contributed by atoms with van der Waals surface area (Å²) in [5.74, 6) is 0.307. The van der Waals surface area contributed by atoms with Crippen molar-refractivity contribution in [3.05, 3.63) is 71.9 Å². The molecule has 0 aliphatic carbocycles. The molecule has 1 amide bonds. The van der Waals surface area contributed by atoms with Crippen LogP contribution >= 0.6 is 0 Å². The lowest BCUT2D eigenvalue weighted by atomic mass is 10.2. The molecule has 0 radical (unpaired) electrons. The van der Waals surface area contributed by atoms with Gasteiger partial charge in [0.2, 0.25) is 0 Å². The van der Waals surface area contributed by atoms with Gasteiger partial charge >= 0.3 is 0 Å². The number of rotatable bonds is 5. The molecular formula is C22H22FN5O. The topological polar surface area (TPSA) is 70.2 Å². The largest absolute Gasteiger partial charge is 0.372 e. The predicted octanol–water partition coefficient (Wildman–Crippen LogP) is 4.52. The summed E-state index contributed by atoms with van der Waals surface area (Å²) >= 11 is 0. The zero-order valence-electron chi connectivity index (χ0n) is 16.2. The molecular weight excluding hydrogens is 369 g/mol. The first kappa shape index (κ1) is 18.9. The van der Waals surface area contributed by atoms with Gasteiger partial charge in [-0.25, -0.2) is 14.4 Å². The van der Waals surface area contributed by atoms with Crippen LogP contribution < -0.4 is 15.5 Å². The number of nitrogens with one attached hydrogen (secondary N) is 2. The Hall–Kier alpha value is -3.48. The molecule has 1 aliphatic rings. The van der Waals surface area contributed by atoms with Crippen LogP contribution in [0.3, 0.4) is 0 Å². The van der Waals surface area contributed by atoms with Gasteiger partial charge in [-0.15, -0.1) is 0 Å². The van der Waals surface area contributed by atoms with Crippen LogP contribution in [0.5, 0.6) is 0 Å². The smallest absolute Gasteiger partial charge is 0.274 e. The summed E-state index contributed by atoms with van der Waals surface area (Å²) in [7, 11) is 0. The number of aromatic nitrogens is 2. The van der Waals surface area contributed by atoms with Gasteiger partial charge in [0.15, 0.2) is 0 Å². The van der Waals surface area contributed by atoms with E-state index in [0.717, 1.165) is 13.1 Å². The lowest BCUT2D eigenvalue weighted by Crippen LogP contribution is -2.18. The first-order valence-electron chi connectivity index (χ1n) is 9.61. The van der Waals surface area contributed by atoms with Crippen LogP contribution in [-0.4, -0.2) is 29.0 Å². The van der Waals surface area contributed by atoms with E-state index >= 15 is 0 Å². The second-order valence-corrected chi connectivity index (χ2v) is 7.01. The normalized spacial score (nSPS) is 13.4. The fourth-order valence-corrected chi connectivity index (χ4v) is 3.36. The molecule has 0 saturated carbocycles. The Morgan fingerprint density at radius 3 is 2.31 bits per heavy atom. The Bertz CT molecular complexity index is 999. The Kier molecular flexibility index (Phi) is 5.37. The highest BCUT2D eigenvalue weighted by atomic mass is 19.1. The van der Waals surface area contributed by atoms with Crippen LogP contribution in [0.1, 0.15) is 29.2 Å². The lowest BCUT2D eigenvalue weighted by Gasteiger charge is -2.17. The number of hydrogen-bond acceptors (Lipinski definition) is 5. The highest BCUT2D eigenvalue weighted by Gasteiger charge is 2.14. The van der Waals surface area contributed by atoms with E-state index in [1.54, 1.807) is 25.1 Å². The fraction of sp³-hybridized carbons (Fsp3) is 0.227. The Morgan fingerprint density at radius 1 is 0.966 bits per heavy atom. The van der Waals surface area contributed by atoms with Crippen molar-refractivity contribution in [2.24, 2.45) is 0 Å². The number of carbonyl (C=O) groups is 1. The maximum atomic E-state index is 13.1. The van der Waals surface area contributed by atoms with Crippen LogP contribution in [0.25, 0.3) is 0 Å². The molecule has 2 heterocycles. The zero-order chi connectivity index (χ0) is 20.2. The third-order valence-electron chi connectivity index (χ3n) is 4.78. The van der Waals surface area contributed by atoms with Gasteiger partial charge in [-0.3, -0.25) is 4.79 Å². The van der Waals surface area contributed by atoms with Gasteiger partial charge in [-0.1, -0.05) is 0 Å². The molecule has 4 rings (SSSR count). The molecule has 0 bridgehead atoms. The summed E-state index contributed by atoms with van der Waals surface area (Å²) < 4.78 is 13.1. The summed E-state index contributed by atoms with van der Waals surface area (Å²) in [6.45, 7) is 3.88. The number of amides is 1. The molecule has 1 aromatic heterocycles. The predicted molar refractivity (Wildman–Crippen MR) is 112 cm³/mol. The van der Waals surface area contributed by atoms with Crippen LogP contribution in [-0.2, 0) is 0 Å². The van der Waals surface area contributed by atoms with Crippen LogP contribution in [0.15, 0.2) is 54.6 Å². The Labute approximate surface area is 168 Å². The maximum absolute atomic E-state index is 13.1. The molecule has 0 atom stereocenters. The van der Waals surface area contributed by atoms with Gasteiger partial charge in [-0.05, 0) is 68.3 Å². The molecule has 1 fully saturated rings. The molecule has 29 heavy (non-hydrogen) atoms. The summed E-state index contributed by atoms with van der Waals surface area (Å²) in [5, 5.41) is 5.94. The number of aryl methyl sites for hydroxylation is 1. The van der Waals surface area contributed by atoms with Crippen molar-refractivity contribution in [2.45, 2.75) is 19.8 Å². The molecule has 0 spiro atoms. The van der Waals surface area contributed by atoms with E-state index in [0.29, 0.717) is 23.0 Å². The van der Waals surface area contributed by atoms with E-state index in [1.807, 2.05) is 24.3 Å². The minimum atomic E-state index is -0.315. The number of anilines is 4. The van der Waals surface area contributed by atoms with Gasteiger partial charge < -0.3 is 15.5 Å². The van der Waals surface area contributed by atoms with Crippen LogP contribution in [0.2, 0.25) is 0 Å². The highest BCUT2D eigenvalue weighted by molar-refractivity contribution is 6.03. The van der Waals surface area contributed by atoms with Crippen molar-refractivity contribution >= 4 is 28.8 Å². The van der Waals surface area contributed by atoms with Gasteiger partial charge in [0.25, 0.3) is 5.91 Å². The molecule has 1 saturated heterocycles. The monoisotopic (exact) mass is 391 g/mol. The quantitative estimate of drug-likeness (QED) is 0.669. The molecule has 148 valence electrons. The number of benzene rings is 2. The molecule has 3 aromatic rings. The van der Waals surface area contributed by atoms with E-state index in [2.05, 4.69) is 25.5 Å². The van der Waals surface area contributed by atoms with Crippen molar-refractivity contribution in [3.63, 3.8) is 0 Å². The first-order chi connectivity index (χ1) is 14.1. The molecule has 6 nitrogen and oxygen atoms in total. The third kappa shape index (κ3) is 4.68. The maximum Gasteiger partial charge on any atom is 0.274 e. The van der Waals surface area contributed by atoms with Crippen LogP contribution in [0.4, 0.5) is 27.3 Å². The van der Waals surface area contributed by atoms with Gasteiger partial charge in [-0.2, -0.15) is 0 Å². The van der Waals surface area contributed by atoms with E-state index in [-0.39, 0.29) is 17.4 Å². The lowest BCUT2D eigenvalue weighted by molar-refractivity contribution is 0.102. The summed E-state index contributed by atoms with van der Waals surface area (Å²) in [6, 6.07) is 15.3. The number of nitrogens with zero attached hydrogens (tertiary/aromatic N) is 3. The molecule has 2 N–H and O–H groups in total. The average Bonchev–Trinajstić information content (AvgIpc) is 3.25. The minimum absolute atomic E-state index is 0.255. The molecule has 7 heteroatoms. The fourth-order valence-electron chi connectivity index (χ4n) is 3.36. The third-order valence-corrected chi connectivity index (χ3v) is 4.78. The SMILES string of the molecule is Cc1nc(Nc2ccc(F)cc2)cc(C(=O)Nc2ccc(N3CCCC3)cc2)n1.